The number of hydrogen-bond donors (Lipinski definition) is 1. The van der Waals surface area contributed by atoms with E-state index in [-0.39, 0.29) is 24.7 Å². The van der Waals surface area contributed by atoms with Crippen molar-refractivity contribution < 1.29 is 24.2 Å². The van der Waals surface area contributed by atoms with Gasteiger partial charge in [-0.2, -0.15) is 0 Å². The fraction of sp³-hybridized carbons (Fsp3) is 0.611. The van der Waals surface area contributed by atoms with Crippen LogP contribution in [-0.2, 0) is 19.9 Å². The Bertz CT molecular complexity index is 720. The number of fused-ring (bicyclic) bond motifs is 2. The minimum atomic E-state index is -1.01. The second-order valence-electron chi connectivity index (χ2n) is 7.85. The zero-order chi connectivity index (χ0) is 19.1. The van der Waals surface area contributed by atoms with Crippen molar-refractivity contribution in [3.63, 3.8) is 0 Å². The van der Waals surface area contributed by atoms with E-state index in [1.807, 2.05) is 26.8 Å². The zero-order valence-electron chi connectivity index (χ0n) is 15.1. The van der Waals surface area contributed by atoms with Crippen LogP contribution in [-0.4, -0.2) is 51.8 Å². The van der Waals surface area contributed by atoms with Gasteiger partial charge in [0.15, 0.2) is 0 Å². The van der Waals surface area contributed by atoms with E-state index >= 15 is 0 Å². The van der Waals surface area contributed by atoms with Crippen molar-refractivity contribution in [3.05, 3.63) is 28.5 Å². The number of nitrogens with zero attached hydrogens (tertiary/aromatic N) is 2. The second kappa shape index (κ2) is 6.81. The van der Waals surface area contributed by atoms with Gasteiger partial charge >= 0.3 is 12.1 Å². The lowest BCUT2D eigenvalue weighted by molar-refractivity contribution is -0.157. The minimum absolute atomic E-state index is 0.00179. The molecule has 8 heteroatoms. The Morgan fingerprint density at radius 3 is 2.73 bits per heavy atom. The van der Waals surface area contributed by atoms with E-state index in [2.05, 4.69) is 20.9 Å². The van der Waals surface area contributed by atoms with Crippen molar-refractivity contribution in [3.8, 4) is 0 Å². The third-order valence-electron chi connectivity index (χ3n) is 4.92. The van der Waals surface area contributed by atoms with Crippen LogP contribution in [0.3, 0.4) is 0 Å². The normalized spacial score (nSPS) is 27.6. The number of piperidine rings is 1. The van der Waals surface area contributed by atoms with Gasteiger partial charge in [0, 0.05) is 47.4 Å². The van der Waals surface area contributed by atoms with Crippen LogP contribution in [0.25, 0.3) is 0 Å². The van der Waals surface area contributed by atoms with Gasteiger partial charge in [-0.05, 0) is 49.2 Å². The van der Waals surface area contributed by atoms with E-state index in [4.69, 9.17) is 14.6 Å². The molecule has 1 amide bonds. The molecule has 0 radical (unpaired) electrons. The number of aromatic nitrogens is 1. The fourth-order valence-electron chi connectivity index (χ4n) is 4.00. The number of carbonyl (C=O) groups excluding carboxylic acids is 1. The number of likely N-dealkylation sites (tertiary alicyclic amines) is 1. The number of aliphatic carboxylic acids is 1. The first-order chi connectivity index (χ1) is 12.1. The molecular formula is C18H23BrN2O5. The molecule has 1 N–H and O–H groups in total. The average Bonchev–Trinajstić information content (AvgIpc) is 3.10. The summed E-state index contributed by atoms with van der Waals surface area (Å²) in [5.74, 6) is -1.01. The molecule has 1 aromatic rings. The van der Waals surface area contributed by atoms with Gasteiger partial charge in [-0.15, -0.1) is 0 Å². The first-order valence-electron chi connectivity index (χ1n) is 8.58. The van der Waals surface area contributed by atoms with Crippen LogP contribution in [0.15, 0.2) is 22.9 Å². The smallest absolute Gasteiger partial charge is 0.410 e. The molecule has 2 heterocycles. The summed E-state index contributed by atoms with van der Waals surface area (Å²) in [5.41, 5.74) is -0.419. The highest BCUT2D eigenvalue weighted by Crippen LogP contribution is 2.54. The zero-order valence-corrected chi connectivity index (χ0v) is 16.7. The maximum Gasteiger partial charge on any atom is 0.410 e. The van der Waals surface area contributed by atoms with Crippen molar-refractivity contribution in [1.29, 1.82) is 0 Å². The van der Waals surface area contributed by atoms with Gasteiger partial charge in [-0.25, -0.2) is 9.59 Å². The van der Waals surface area contributed by atoms with Gasteiger partial charge in [0.25, 0.3) is 0 Å². The summed E-state index contributed by atoms with van der Waals surface area (Å²) in [5, 5.41) is 9.11. The van der Waals surface area contributed by atoms with Crippen LogP contribution in [0.4, 0.5) is 4.79 Å². The van der Waals surface area contributed by atoms with Crippen LogP contribution in [0.2, 0.25) is 0 Å². The number of carbonyl (C=O) groups is 2. The highest BCUT2D eigenvalue weighted by atomic mass is 79.9. The SMILES string of the molecule is CC(C)(C)OC(=O)N1CC2CC1CC2(OCC(=O)O)c1ccncc1Br. The molecule has 3 atom stereocenters. The van der Waals surface area contributed by atoms with Crippen LogP contribution in [0.1, 0.15) is 39.2 Å². The van der Waals surface area contributed by atoms with Crippen molar-refractivity contribution in [1.82, 2.24) is 9.88 Å². The molecule has 7 nitrogen and oxygen atoms in total. The third kappa shape index (κ3) is 3.57. The van der Waals surface area contributed by atoms with Gasteiger partial charge in [-0.3, -0.25) is 4.98 Å². The van der Waals surface area contributed by atoms with Crippen molar-refractivity contribution in [2.75, 3.05) is 13.2 Å². The van der Waals surface area contributed by atoms with Gasteiger partial charge in [0.1, 0.15) is 17.8 Å². The van der Waals surface area contributed by atoms with Crippen LogP contribution in [0, 0.1) is 5.92 Å². The molecule has 1 saturated heterocycles. The number of amides is 1. The predicted molar refractivity (Wildman–Crippen MR) is 96.7 cm³/mol. The lowest BCUT2D eigenvalue weighted by Crippen LogP contribution is -2.49. The standard InChI is InChI=1S/C18H23BrN2O5/c1-17(2,3)26-16(24)21-9-11-6-12(21)7-18(11,25-10-15(22)23)13-4-5-20-8-14(13)19/h4-5,8,11-12H,6-7,9-10H2,1-3H3,(H,22,23). The molecule has 0 aromatic carbocycles. The summed E-state index contributed by atoms with van der Waals surface area (Å²) in [6.45, 7) is 5.62. The van der Waals surface area contributed by atoms with Gasteiger partial charge in [-0.1, -0.05) is 0 Å². The topological polar surface area (TPSA) is 89.0 Å². The number of carboxylic acid groups (broad SMARTS) is 1. The molecule has 142 valence electrons. The minimum Gasteiger partial charge on any atom is -0.480 e. The quantitative estimate of drug-likeness (QED) is 0.794. The number of hydrogen-bond acceptors (Lipinski definition) is 5. The summed E-state index contributed by atoms with van der Waals surface area (Å²) in [4.78, 5) is 29.4. The summed E-state index contributed by atoms with van der Waals surface area (Å²) in [6.07, 6.45) is 4.31. The molecule has 26 heavy (non-hydrogen) atoms. The van der Waals surface area contributed by atoms with Crippen molar-refractivity contribution in [2.24, 2.45) is 5.92 Å². The van der Waals surface area contributed by atoms with Crippen LogP contribution >= 0.6 is 15.9 Å². The van der Waals surface area contributed by atoms with Crippen LogP contribution in [0.5, 0.6) is 0 Å². The Morgan fingerprint density at radius 2 is 2.19 bits per heavy atom. The van der Waals surface area contributed by atoms with Gasteiger partial charge in [0.05, 0.1) is 0 Å². The number of ether oxygens (including phenoxy) is 2. The Hall–Kier alpha value is -1.67. The molecule has 1 saturated carbocycles. The van der Waals surface area contributed by atoms with E-state index < -0.39 is 17.2 Å². The average molecular weight is 427 g/mol. The summed E-state index contributed by atoms with van der Waals surface area (Å²) in [7, 11) is 0. The van der Waals surface area contributed by atoms with E-state index in [0.717, 1.165) is 16.5 Å². The summed E-state index contributed by atoms with van der Waals surface area (Å²) < 4.78 is 12.2. The summed E-state index contributed by atoms with van der Waals surface area (Å²) in [6, 6.07) is 1.81. The van der Waals surface area contributed by atoms with Crippen molar-refractivity contribution >= 4 is 28.0 Å². The lowest BCUT2D eigenvalue weighted by atomic mass is 9.82. The third-order valence-corrected chi connectivity index (χ3v) is 5.55. The predicted octanol–water partition coefficient (Wildman–Crippen LogP) is 3.17. The monoisotopic (exact) mass is 426 g/mol. The first kappa shape index (κ1) is 19.1. The molecule has 2 fully saturated rings. The molecule has 3 unspecified atom stereocenters. The molecule has 1 aromatic heterocycles. The van der Waals surface area contributed by atoms with Crippen LogP contribution < -0.4 is 0 Å². The van der Waals surface area contributed by atoms with Crippen molar-refractivity contribution in [2.45, 2.75) is 50.9 Å². The molecule has 2 aliphatic rings. The molecule has 2 bridgehead atoms. The molecule has 3 rings (SSSR count). The Kier molecular flexibility index (Phi) is 5.00. The molecule has 1 aliphatic heterocycles. The number of halogens is 1. The Balaban J connectivity index is 1.85. The lowest BCUT2D eigenvalue weighted by Gasteiger charge is -2.42. The molecular weight excluding hydrogens is 404 g/mol. The molecule has 0 spiro atoms. The highest BCUT2D eigenvalue weighted by Gasteiger charge is 2.58. The maximum absolute atomic E-state index is 12.5. The van der Waals surface area contributed by atoms with E-state index in [0.29, 0.717) is 13.0 Å². The first-order valence-corrected chi connectivity index (χ1v) is 9.37. The number of pyridine rings is 1. The maximum atomic E-state index is 12.5. The highest BCUT2D eigenvalue weighted by molar-refractivity contribution is 9.10. The Morgan fingerprint density at radius 1 is 1.46 bits per heavy atom. The van der Waals surface area contributed by atoms with Gasteiger partial charge in [0.2, 0.25) is 0 Å². The number of rotatable bonds is 4. The second-order valence-corrected chi connectivity index (χ2v) is 8.71. The van der Waals surface area contributed by atoms with E-state index in [1.54, 1.807) is 17.3 Å². The van der Waals surface area contributed by atoms with Gasteiger partial charge < -0.3 is 19.5 Å². The summed E-state index contributed by atoms with van der Waals surface area (Å²) >= 11 is 3.51. The largest absolute Gasteiger partial charge is 0.480 e. The number of carboxylic acids is 1. The fourth-order valence-corrected chi connectivity index (χ4v) is 4.59. The van der Waals surface area contributed by atoms with E-state index in [9.17, 15) is 9.59 Å². The molecule has 1 aliphatic carbocycles. The Labute approximate surface area is 160 Å². The van der Waals surface area contributed by atoms with E-state index in [1.165, 1.54) is 0 Å².